The van der Waals surface area contributed by atoms with Gasteiger partial charge in [0, 0.05) is 18.0 Å². The van der Waals surface area contributed by atoms with Gasteiger partial charge in [-0.15, -0.1) is 0 Å². The molecule has 1 rings (SSSR count). The molecule has 0 saturated carbocycles. The fourth-order valence-corrected chi connectivity index (χ4v) is 1.40. The third-order valence-electron chi connectivity index (χ3n) is 2.33. The van der Waals surface area contributed by atoms with Crippen molar-refractivity contribution >= 4 is 23.2 Å². The van der Waals surface area contributed by atoms with Crippen LogP contribution in [0, 0.1) is 32.8 Å². The fourth-order valence-electron chi connectivity index (χ4n) is 1.40. The summed E-state index contributed by atoms with van der Waals surface area (Å²) in [5.74, 6) is 0. The zero-order chi connectivity index (χ0) is 16.5. The van der Waals surface area contributed by atoms with Crippen molar-refractivity contribution in [3.63, 3.8) is 0 Å². The molecule has 9 heteroatoms. The number of nitriles is 2. The molecule has 0 bridgehead atoms. The van der Waals surface area contributed by atoms with E-state index in [0.29, 0.717) is 0 Å². The van der Waals surface area contributed by atoms with Crippen LogP contribution in [0.25, 0.3) is 0 Å². The van der Waals surface area contributed by atoms with Crippen molar-refractivity contribution in [3.8, 4) is 12.1 Å². The highest BCUT2D eigenvalue weighted by Gasteiger charge is 2.17. The van der Waals surface area contributed by atoms with E-state index in [-0.39, 0.29) is 29.2 Å². The first-order valence-electron chi connectivity index (χ1n) is 6.01. The van der Waals surface area contributed by atoms with Crippen LogP contribution >= 0.6 is 0 Å². The van der Waals surface area contributed by atoms with Gasteiger partial charge in [0.1, 0.15) is 23.4 Å². The van der Waals surface area contributed by atoms with Crippen molar-refractivity contribution in [1.29, 1.82) is 10.5 Å². The lowest BCUT2D eigenvalue weighted by atomic mass is 10.2. The molecule has 0 aliphatic rings. The third-order valence-corrected chi connectivity index (χ3v) is 2.33. The summed E-state index contributed by atoms with van der Waals surface area (Å²) in [4.78, 5) is 21.7. The Hall–Kier alpha value is -3.59. The van der Waals surface area contributed by atoms with Crippen molar-refractivity contribution < 1.29 is 14.5 Å². The number of ether oxygens (including phenoxy) is 1. The SMILES string of the molecule is CCOC(=O)Nc1ccc(NC=C(C#N)C#N)cc1[N+](=O)[O-]. The zero-order valence-corrected chi connectivity index (χ0v) is 11.5. The van der Waals surface area contributed by atoms with Crippen LogP contribution in [0.15, 0.2) is 30.0 Å². The van der Waals surface area contributed by atoms with E-state index in [0.717, 1.165) is 12.3 Å². The predicted octanol–water partition coefficient (Wildman–Crippen LogP) is 2.51. The molecule has 0 aliphatic heterocycles. The molecule has 1 amide bonds. The number of nitro benzene ring substituents is 1. The first-order valence-corrected chi connectivity index (χ1v) is 6.01. The van der Waals surface area contributed by atoms with Gasteiger partial charge in [0.05, 0.1) is 11.5 Å². The van der Waals surface area contributed by atoms with Crippen molar-refractivity contribution in [1.82, 2.24) is 0 Å². The predicted molar refractivity (Wildman–Crippen MR) is 76.7 cm³/mol. The number of hydrogen-bond donors (Lipinski definition) is 2. The van der Waals surface area contributed by atoms with Crippen LogP contribution in [0.5, 0.6) is 0 Å². The fraction of sp³-hybridized carbons (Fsp3) is 0.154. The van der Waals surface area contributed by atoms with Crippen molar-refractivity contribution in [3.05, 3.63) is 40.1 Å². The smallest absolute Gasteiger partial charge is 0.411 e. The van der Waals surface area contributed by atoms with Gasteiger partial charge in [-0.3, -0.25) is 15.4 Å². The molecule has 0 saturated heterocycles. The highest BCUT2D eigenvalue weighted by Crippen LogP contribution is 2.28. The highest BCUT2D eigenvalue weighted by molar-refractivity contribution is 5.88. The van der Waals surface area contributed by atoms with Crippen LogP contribution in [-0.4, -0.2) is 17.6 Å². The Kier molecular flexibility index (Phi) is 5.89. The molecule has 1 aromatic rings. The normalized spacial score (nSPS) is 8.86. The second-order valence-electron chi connectivity index (χ2n) is 3.76. The standard InChI is InChI=1S/C13H11N5O4/c1-2-22-13(19)17-11-4-3-10(5-12(11)18(20)21)16-8-9(6-14)7-15/h3-5,8,16H,2H2,1H3,(H,17,19). The van der Waals surface area contributed by atoms with E-state index in [1.807, 2.05) is 0 Å². The minimum absolute atomic E-state index is 0.0289. The van der Waals surface area contributed by atoms with Gasteiger partial charge in [-0.05, 0) is 19.1 Å². The second-order valence-corrected chi connectivity index (χ2v) is 3.76. The second kappa shape index (κ2) is 7.87. The molecular weight excluding hydrogens is 290 g/mol. The maximum atomic E-state index is 11.3. The van der Waals surface area contributed by atoms with Gasteiger partial charge in [-0.2, -0.15) is 10.5 Å². The minimum Gasteiger partial charge on any atom is -0.450 e. The Morgan fingerprint density at radius 3 is 2.68 bits per heavy atom. The number of carbonyl (C=O) groups is 1. The van der Waals surface area contributed by atoms with Crippen LogP contribution in [0.4, 0.5) is 21.9 Å². The largest absolute Gasteiger partial charge is 0.450 e. The van der Waals surface area contributed by atoms with E-state index in [2.05, 4.69) is 15.4 Å². The average molecular weight is 301 g/mol. The number of nitro groups is 1. The van der Waals surface area contributed by atoms with Gasteiger partial charge >= 0.3 is 6.09 Å². The van der Waals surface area contributed by atoms with E-state index in [9.17, 15) is 14.9 Å². The summed E-state index contributed by atoms with van der Waals surface area (Å²) in [6.45, 7) is 1.74. The van der Waals surface area contributed by atoms with Crippen LogP contribution in [0.2, 0.25) is 0 Å². The Morgan fingerprint density at radius 2 is 2.14 bits per heavy atom. The molecule has 0 aromatic heterocycles. The van der Waals surface area contributed by atoms with Crippen molar-refractivity contribution in [2.45, 2.75) is 6.92 Å². The molecule has 2 N–H and O–H groups in total. The summed E-state index contributed by atoms with van der Waals surface area (Å²) in [6.07, 6.45) is 0.319. The van der Waals surface area contributed by atoms with Crippen molar-refractivity contribution in [2.75, 3.05) is 17.2 Å². The lowest BCUT2D eigenvalue weighted by molar-refractivity contribution is -0.383. The van der Waals surface area contributed by atoms with E-state index in [4.69, 9.17) is 10.5 Å². The molecule has 0 atom stereocenters. The average Bonchev–Trinajstić information content (AvgIpc) is 2.49. The minimum atomic E-state index is -0.803. The number of rotatable bonds is 5. The van der Waals surface area contributed by atoms with Crippen LogP contribution in [-0.2, 0) is 4.74 Å². The van der Waals surface area contributed by atoms with Gasteiger partial charge < -0.3 is 10.1 Å². The number of anilines is 2. The van der Waals surface area contributed by atoms with E-state index < -0.39 is 11.0 Å². The molecule has 0 unspecified atom stereocenters. The molecular formula is C13H11N5O4. The quantitative estimate of drug-likeness (QED) is 0.483. The van der Waals surface area contributed by atoms with Gasteiger partial charge in [0.15, 0.2) is 0 Å². The Morgan fingerprint density at radius 1 is 1.45 bits per heavy atom. The highest BCUT2D eigenvalue weighted by atomic mass is 16.6. The first-order chi connectivity index (χ1) is 10.5. The molecule has 9 nitrogen and oxygen atoms in total. The van der Waals surface area contributed by atoms with Crippen molar-refractivity contribution in [2.24, 2.45) is 0 Å². The molecule has 1 aromatic carbocycles. The summed E-state index contributed by atoms with van der Waals surface area (Å²) < 4.78 is 4.65. The molecule has 112 valence electrons. The number of nitrogens with zero attached hydrogens (tertiary/aromatic N) is 3. The number of benzene rings is 1. The molecule has 0 fully saturated rings. The Bertz CT molecular complexity index is 683. The molecule has 0 aliphatic carbocycles. The molecule has 22 heavy (non-hydrogen) atoms. The molecule has 0 heterocycles. The van der Waals surface area contributed by atoms with Gasteiger partial charge in [0.25, 0.3) is 5.69 Å². The van der Waals surface area contributed by atoms with Gasteiger partial charge in [0.2, 0.25) is 0 Å². The maximum Gasteiger partial charge on any atom is 0.411 e. The summed E-state index contributed by atoms with van der Waals surface area (Å²) >= 11 is 0. The van der Waals surface area contributed by atoms with Crippen LogP contribution in [0.1, 0.15) is 6.92 Å². The zero-order valence-electron chi connectivity index (χ0n) is 11.5. The number of hydrogen-bond acceptors (Lipinski definition) is 7. The topological polar surface area (TPSA) is 141 Å². The number of carbonyl (C=O) groups excluding carboxylic acids is 1. The molecule has 0 radical (unpaired) electrons. The monoisotopic (exact) mass is 301 g/mol. The number of allylic oxidation sites excluding steroid dienone is 1. The molecule has 0 spiro atoms. The Balaban J connectivity index is 3.03. The van der Waals surface area contributed by atoms with Crippen LogP contribution in [0.3, 0.4) is 0 Å². The summed E-state index contributed by atoms with van der Waals surface area (Å²) in [6, 6.07) is 7.19. The van der Waals surface area contributed by atoms with Gasteiger partial charge in [-0.25, -0.2) is 4.79 Å². The Labute approximate surface area is 125 Å². The van der Waals surface area contributed by atoms with E-state index >= 15 is 0 Å². The van der Waals surface area contributed by atoms with E-state index in [1.54, 1.807) is 19.1 Å². The van der Waals surface area contributed by atoms with Gasteiger partial charge in [-0.1, -0.05) is 0 Å². The maximum absolute atomic E-state index is 11.3. The summed E-state index contributed by atoms with van der Waals surface area (Å²) in [7, 11) is 0. The summed E-state index contributed by atoms with van der Waals surface area (Å²) in [5, 5.41) is 33.1. The lowest BCUT2D eigenvalue weighted by Crippen LogP contribution is -2.14. The van der Waals surface area contributed by atoms with E-state index in [1.165, 1.54) is 12.1 Å². The third kappa shape index (κ3) is 4.51. The summed E-state index contributed by atoms with van der Waals surface area (Å²) in [5.41, 5.74) is -0.291. The number of amides is 1. The number of nitrogens with one attached hydrogen (secondary N) is 2. The first kappa shape index (κ1) is 16.5. The lowest BCUT2D eigenvalue weighted by Gasteiger charge is -2.07. The van der Waals surface area contributed by atoms with Crippen LogP contribution < -0.4 is 10.6 Å².